The van der Waals surface area contributed by atoms with Crippen molar-refractivity contribution in [2.75, 3.05) is 24.5 Å². The van der Waals surface area contributed by atoms with Crippen molar-refractivity contribution < 1.29 is 4.92 Å². The number of anilines is 1. The average Bonchev–Trinajstić information content (AvgIpc) is 3.35. The van der Waals surface area contributed by atoms with Crippen molar-refractivity contribution in [2.24, 2.45) is 13.0 Å². The summed E-state index contributed by atoms with van der Waals surface area (Å²) in [5.41, 5.74) is 4.24. The minimum atomic E-state index is -0.384. The van der Waals surface area contributed by atoms with E-state index in [1.165, 1.54) is 24.2 Å². The van der Waals surface area contributed by atoms with Crippen molar-refractivity contribution in [3.63, 3.8) is 0 Å². The molecule has 0 aliphatic carbocycles. The summed E-state index contributed by atoms with van der Waals surface area (Å²) in [7, 11) is 1.90. The lowest BCUT2D eigenvalue weighted by Gasteiger charge is -2.18. The van der Waals surface area contributed by atoms with Crippen LogP contribution in [0.3, 0.4) is 0 Å². The number of nitrogens with zero attached hydrogens (tertiary/aromatic N) is 4. The Morgan fingerprint density at radius 3 is 2.66 bits per heavy atom. The normalized spacial score (nSPS) is 16.3. The van der Waals surface area contributed by atoms with E-state index in [1.807, 2.05) is 13.2 Å². The van der Waals surface area contributed by atoms with Gasteiger partial charge in [0, 0.05) is 68.4 Å². The van der Waals surface area contributed by atoms with Crippen LogP contribution in [0.1, 0.15) is 12.0 Å². The Kier molecular flexibility index (Phi) is 5.57. The van der Waals surface area contributed by atoms with Crippen LogP contribution < -0.4 is 10.2 Å². The number of non-ortho nitro benzene ring substituents is 1. The Morgan fingerprint density at radius 1 is 1.17 bits per heavy atom. The minimum absolute atomic E-state index is 0.0913. The highest BCUT2D eigenvalue weighted by molar-refractivity contribution is 5.64. The molecule has 7 heteroatoms. The number of hydrogen-bond acceptors (Lipinski definition) is 5. The minimum Gasteiger partial charge on any atom is -0.371 e. The van der Waals surface area contributed by atoms with Gasteiger partial charge < -0.3 is 10.2 Å². The molecular weight excluding hydrogens is 366 g/mol. The molecule has 0 saturated carbocycles. The second-order valence-corrected chi connectivity index (χ2v) is 7.55. The monoisotopic (exact) mass is 391 g/mol. The van der Waals surface area contributed by atoms with Crippen LogP contribution in [0.5, 0.6) is 0 Å². The highest BCUT2D eigenvalue weighted by Crippen LogP contribution is 2.25. The van der Waals surface area contributed by atoms with Gasteiger partial charge >= 0.3 is 0 Å². The first-order chi connectivity index (χ1) is 14.1. The Labute approximate surface area is 170 Å². The fourth-order valence-electron chi connectivity index (χ4n) is 3.93. The zero-order valence-electron chi connectivity index (χ0n) is 16.5. The van der Waals surface area contributed by atoms with Crippen LogP contribution in [0.25, 0.3) is 11.3 Å². The van der Waals surface area contributed by atoms with Crippen molar-refractivity contribution in [1.29, 1.82) is 0 Å². The summed E-state index contributed by atoms with van der Waals surface area (Å²) in [6, 6.07) is 17.1. The summed E-state index contributed by atoms with van der Waals surface area (Å²) in [5, 5.41) is 19.0. The Hall–Kier alpha value is -3.19. The van der Waals surface area contributed by atoms with Crippen LogP contribution in [0.4, 0.5) is 11.4 Å². The maximum Gasteiger partial charge on any atom is 0.269 e. The highest BCUT2D eigenvalue weighted by atomic mass is 16.6. The molecule has 7 nitrogen and oxygen atoms in total. The molecule has 1 aromatic heterocycles. The molecule has 4 rings (SSSR count). The van der Waals surface area contributed by atoms with Crippen LogP contribution in [0, 0.1) is 16.0 Å². The van der Waals surface area contributed by atoms with Crippen LogP contribution in [0.2, 0.25) is 0 Å². The van der Waals surface area contributed by atoms with Gasteiger partial charge in [-0.25, -0.2) is 0 Å². The van der Waals surface area contributed by atoms with E-state index < -0.39 is 0 Å². The molecule has 1 unspecified atom stereocenters. The van der Waals surface area contributed by atoms with Crippen molar-refractivity contribution in [3.8, 4) is 11.3 Å². The Bertz CT molecular complexity index is 969. The zero-order valence-corrected chi connectivity index (χ0v) is 16.5. The number of benzene rings is 2. The van der Waals surface area contributed by atoms with E-state index in [0.29, 0.717) is 5.92 Å². The van der Waals surface area contributed by atoms with Crippen molar-refractivity contribution >= 4 is 11.4 Å². The molecule has 150 valence electrons. The number of aryl methyl sites for hydroxylation is 1. The molecule has 0 spiro atoms. The first-order valence-electron chi connectivity index (χ1n) is 9.88. The standard InChI is InChI=1S/C22H25N5O2/c1-25-16-19(22(24-25)18-7-9-21(10-8-18)27(28)29)14-23-13-17-11-12-26(15-17)20-5-3-2-4-6-20/h2-10,16-17,23H,11-15H2,1H3. The maximum absolute atomic E-state index is 10.9. The number of hydrogen-bond donors (Lipinski definition) is 1. The molecule has 3 aromatic rings. The second kappa shape index (κ2) is 8.45. The molecule has 0 bridgehead atoms. The van der Waals surface area contributed by atoms with Gasteiger partial charge in [0.2, 0.25) is 0 Å². The summed E-state index contributed by atoms with van der Waals surface area (Å²) in [4.78, 5) is 12.9. The summed E-state index contributed by atoms with van der Waals surface area (Å²) in [6.07, 6.45) is 3.19. The van der Waals surface area contributed by atoms with E-state index in [9.17, 15) is 10.1 Å². The number of nitrogens with one attached hydrogen (secondary N) is 1. The highest BCUT2D eigenvalue weighted by Gasteiger charge is 2.22. The molecule has 2 heterocycles. The summed E-state index contributed by atoms with van der Waals surface area (Å²) < 4.78 is 1.79. The van der Waals surface area contributed by atoms with Gasteiger partial charge in [0.25, 0.3) is 5.69 Å². The summed E-state index contributed by atoms with van der Waals surface area (Å²) in [6.45, 7) is 3.84. The van der Waals surface area contributed by atoms with Gasteiger partial charge in [0.15, 0.2) is 0 Å². The van der Waals surface area contributed by atoms with Gasteiger partial charge in [-0.2, -0.15) is 5.10 Å². The fraction of sp³-hybridized carbons (Fsp3) is 0.318. The first-order valence-corrected chi connectivity index (χ1v) is 9.88. The third-order valence-electron chi connectivity index (χ3n) is 5.41. The molecule has 1 aliphatic heterocycles. The van der Waals surface area contributed by atoms with Crippen LogP contribution in [-0.4, -0.2) is 34.3 Å². The topological polar surface area (TPSA) is 76.2 Å². The predicted octanol–water partition coefficient (Wildman–Crippen LogP) is 3.61. The zero-order chi connectivity index (χ0) is 20.2. The van der Waals surface area contributed by atoms with Gasteiger partial charge in [-0.15, -0.1) is 0 Å². The van der Waals surface area contributed by atoms with Crippen LogP contribution in [-0.2, 0) is 13.6 Å². The summed E-state index contributed by atoms with van der Waals surface area (Å²) in [5.74, 6) is 0.620. The Morgan fingerprint density at radius 2 is 1.93 bits per heavy atom. The van der Waals surface area contributed by atoms with Crippen molar-refractivity contribution in [2.45, 2.75) is 13.0 Å². The van der Waals surface area contributed by atoms with E-state index in [0.717, 1.165) is 43.0 Å². The molecule has 1 fully saturated rings. The number of rotatable bonds is 7. The smallest absolute Gasteiger partial charge is 0.269 e. The van der Waals surface area contributed by atoms with E-state index in [2.05, 4.69) is 45.6 Å². The molecule has 1 atom stereocenters. The molecule has 1 saturated heterocycles. The van der Waals surface area contributed by atoms with E-state index in [4.69, 9.17) is 0 Å². The SMILES string of the molecule is Cn1cc(CNCC2CCN(c3ccccc3)C2)c(-c2ccc([N+](=O)[O-])cc2)n1. The quantitative estimate of drug-likeness (QED) is 0.492. The number of nitro benzene ring substituents is 1. The number of nitro groups is 1. The number of aromatic nitrogens is 2. The number of para-hydroxylation sites is 1. The molecule has 1 N–H and O–H groups in total. The molecule has 2 aromatic carbocycles. The maximum atomic E-state index is 10.9. The van der Waals surface area contributed by atoms with Gasteiger partial charge in [0.05, 0.1) is 10.6 Å². The third-order valence-corrected chi connectivity index (χ3v) is 5.41. The Balaban J connectivity index is 1.35. The molecule has 29 heavy (non-hydrogen) atoms. The first kappa shape index (κ1) is 19.1. The second-order valence-electron chi connectivity index (χ2n) is 7.55. The van der Waals surface area contributed by atoms with Gasteiger partial charge in [0.1, 0.15) is 0 Å². The van der Waals surface area contributed by atoms with Gasteiger partial charge in [-0.05, 0) is 36.6 Å². The van der Waals surface area contributed by atoms with E-state index in [-0.39, 0.29) is 10.6 Å². The van der Waals surface area contributed by atoms with E-state index >= 15 is 0 Å². The van der Waals surface area contributed by atoms with Gasteiger partial charge in [-0.1, -0.05) is 18.2 Å². The van der Waals surface area contributed by atoms with Crippen molar-refractivity contribution in [1.82, 2.24) is 15.1 Å². The molecule has 1 aliphatic rings. The van der Waals surface area contributed by atoms with Crippen LogP contribution >= 0.6 is 0 Å². The largest absolute Gasteiger partial charge is 0.371 e. The lowest BCUT2D eigenvalue weighted by Crippen LogP contribution is -2.26. The average molecular weight is 391 g/mol. The van der Waals surface area contributed by atoms with E-state index in [1.54, 1.807) is 16.8 Å². The fourth-order valence-corrected chi connectivity index (χ4v) is 3.93. The third kappa shape index (κ3) is 4.46. The molecule has 0 amide bonds. The summed E-state index contributed by atoms with van der Waals surface area (Å²) >= 11 is 0. The lowest BCUT2D eigenvalue weighted by molar-refractivity contribution is -0.384. The van der Waals surface area contributed by atoms with Gasteiger partial charge in [-0.3, -0.25) is 14.8 Å². The van der Waals surface area contributed by atoms with Crippen molar-refractivity contribution in [3.05, 3.63) is 76.5 Å². The molecular formula is C22H25N5O2. The molecule has 0 radical (unpaired) electrons. The predicted molar refractivity (Wildman–Crippen MR) is 114 cm³/mol. The van der Waals surface area contributed by atoms with Crippen LogP contribution in [0.15, 0.2) is 60.8 Å². The lowest BCUT2D eigenvalue weighted by atomic mass is 10.1.